The molecule has 3 rings (SSSR count). The van der Waals surface area contributed by atoms with E-state index in [9.17, 15) is 27.6 Å². The van der Waals surface area contributed by atoms with Gasteiger partial charge in [0.25, 0.3) is 5.91 Å². The van der Waals surface area contributed by atoms with Crippen LogP contribution in [0, 0.1) is 5.92 Å². The quantitative estimate of drug-likeness (QED) is 0.774. The minimum absolute atomic E-state index is 0.0727. The first kappa shape index (κ1) is 21.1. The van der Waals surface area contributed by atoms with Crippen molar-refractivity contribution in [2.75, 3.05) is 13.6 Å². The molecule has 29 heavy (non-hydrogen) atoms. The van der Waals surface area contributed by atoms with Crippen LogP contribution in [0.15, 0.2) is 24.3 Å². The van der Waals surface area contributed by atoms with E-state index in [1.54, 1.807) is 0 Å². The number of urea groups is 1. The summed E-state index contributed by atoms with van der Waals surface area (Å²) < 4.78 is 37.9. The third-order valence-electron chi connectivity index (χ3n) is 5.79. The molecule has 158 valence electrons. The van der Waals surface area contributed by atoms with Crippen molar-refractivity contribution in [3.63, 3.8) is 0 Å². The fraction of sp³-hybridized carbons (Fsp3) is 0.550. The Kier molecular flexibility index (Phi) is 5.60. The zero-order valence-electron chi connectivity index (χ0n) is 16.4. The number of hydrogen-bond donors (Lipinski definition) is 1. The molecule has 4 amide bonds. The molecule has 0 radical (unpaired) electrons. The maximum atomic E-state index is 12.8. The number of hydrogen-bond acceptors (Lipinski definition) is 3. The van der Waals surface area contributed by atoms with Crippen molar-refractivity contribution in [2.24, 2.45) is 5.92 Å². The monoisotopic (exact) mass is 411 g/mol. The van der Waals surface area contributed by atoms with Crippen molar-refractivity contribution in [3.05, 3.63) is 35.4 Å². The zero-order chi connectivity index (χ0) is 21.4. The summed E-state index contributed by atoms with van der Waals surface area (Å²) in [6.07, 6.45) is -1.63. The summed E-state index contributed by atoms with van der Waals surface area (Å²) in [4.78, 5) is 39.9. The topological polar surface area (TPSA) is 69.7 Å². The van der Waals surface area contributed by atoms with Gasteiger partial charge in [-0.1, -0.05) is 19.1 Å². The lowest BCUT2D eigenvalue weighted by Gasteiger charge is -2.33. The number of imide groups is 1. The normalized spacial score (nSPS) is 24.7. The number of halogens is 3. The third kappa shape index (κ3) is 4.38. The van der Waals surface area contributed by atoms with Crippen molar-refractivity contribution >= 4 is 17.8 Å². The number of rotatable bonds is 4. The lowest BCUT2D eigenvalue weighted by molar-refractivity contribution is -0.139. The van der Waals surface area contributed by atoms with Crippen LogP contribution in [0.1, 0.15) is 43.7 Å². The van der Waals surface area contributed by atoms with Gasteiger partial charge in [-0.2, -0.15) is 13.2 Å². The van der Waals surface area contributed by atoms with Crippen molar-refractivity contribution in [3.8, 4) is 0 Å². The van der Waals surface area contributed by atoms with E-state index in [0.29, 0.717) is 24.3 Å². The maximum Gasteiger partial charge on any atom is 0.416 e. The van der Waals surface area contributed by atoms with Gasteiger partial charge in [0.2, 0.25) is 5.91 Å². The Bertz CT molecular complexity index is 799. The van der Waals surface area contributed by atoms with Crippen LogP contribution in [-0.4, -0.2) is 46.8 Å². The minimum Gasteiger partial charge on any atom is -0.340 e. The average Bonchev–Trinajstić information content (AvgIpc) is 2.88. The second kappa shape index (κ2) is 7.68. The van der Waals surface area contributed by atoms with Gasteiger partial charge in [0.1, 0.15) is 12.1 Å². The highest BCUT2D eigenvalue weighted by Gasteiger charge is 2.52. The molecule has 0 aromatic heterocycles. The van der Waals surface area contributed by atoms with Crippen LogP contribution in [-0.2, 0) is 22.3 Å². The van der Waals surface area contributed by atoms with Gasteiger partial charge < -0.3 is 10.2 Å². The minimum atomic E-state index is -4.42. The van der Waals surface area contributed by atoms with Crippen LogP contribution in [0.25, 0.3) is 0 Å². The molecular formula is C20H24F3N3O3. The molecule has 1 N–H and O–H groups in total. The number of amides is 4. The predicted molar refractivity (Wildman–Crippen MR) is 98.5 cm³/mol. The number of nitrogens with zero attached hydrogens (tertiary/aromatic N) is 2. The first-order chi connectivity index (χ1) is 13.5. The molecule has 2 aliphatic rings. The standard InChI is InChI=1S/C20H24F3N3O3/c1-13-7-9-19(10-8-13)17(28)26(18(29)24-19)12-16(27)25(2)11-14-3-5-15(6-4-14)20(21,22)23/h3-6,13H,7-12H2,1-2H3,(H,24,29). The second-order valence-electron chi connectivity index (χ2n) is 8.03. The number of alkyl halides is 3. The largest absolute Gasteiger partial charge is 0.416 e. The fourth-order valence-corrected chi connectivity index (χ4v) is 3.83. The van der Waals surface area contributed by atoms with Gasteiger partial charge in [-0.05, 0) is 49.3 Å². The Labute approximate surface area is 167 Å². The summed E-state index contributed by atoms with van der Waals surface area (Å²) in [6.45, 7) is 1.79. The number of nitrogens with one attached hydrogen (secondary N) is 1. The molecule has 1 aromatic rings. The second-order valence-corrected chi connectivity index (χ2v) is 8.03. The van der Waals surface area contributed by atoms with Crippen LogP contribution in [0.2, 0.25) is 0 Å². The highest BCUT2D eigenvalue weighted by Crippen LogP contribution is 2.36. The van der Waals surface area contributed by atoms with E-state index < -0.39 is 29.2 Å². The molecule has 1 spiro atoms. The Morgan fingerprint density at radius 1 is 1.21 bits per heavy atom. The molecule has 0 unspecified atom stereocenters. The highest BCUT2D eigenvalue weighted by atomic mass is 19.4. The van der Waals surface area contributed by atoms with Gasteiger partial charge in [-0.15, -0.1) is 0 Å². The summed E-state index contributed by atoms with van der Waals surface area (Å²) in [7, 11) is 1.48. The average molecular weight is 411 g/mol. The zero-order valence-corrected chi connectivity index (χ0v) is 16.4. The Morgan fingerprint density at radius 2 is 1.79 bits per heavy atom. The molecule has 1 saturated heterocycles. The Morgan fingerprint density at radius 3 is 2.34 bits per heavy atom. The summed E-state index contributed by atoms with van der Waals surface area (Å²) in [5.74, 6) is -0.337. The molecule has 6 nitrogen and oxygen atoms in total. The van der Waals surface area contributed by atoms with Crippen molar-refractivity contribution in [1.82, 2.24) is 15.1 Å². The van der Waals surface area contributed by atoms with Gasteiger partial charge in [0.05, 0.1) is 5.56 Å². The Hall–Kier alpha value is -2.58. The summed E-state index contributed by atoms with van der Waals surface area (Å²) in [6, 6.07) is 3.95. The van der Waals surface area contributed by atoms with E-state index in [0.717, 1.165) is 29.9 Å². The summed E-state index contributed by atoms with van der Waals surface area (Å²) in [5.41, 5.74) is -1.15. The molecule has 9 heteroatoms. The van der Waals surface area contributed by atoms with Crippen LogP contribution in [0.5, 0.6) is 0 Å². The van der Waals surface area contributed by atoms with Crippen LogP contribution in [0.4, 0.5) is 18.0 Å². The molecule has 2 fully saturated rings. The number of benzene rings is 1. The van der Waals surface area contributed by atoms with Crippen LogP contribution < -0.4 is 5.32 Å². The van der Waals surface area contributed by atoms with E-state index in [2.05, 4.69) is 12.2 Å². The van der Waals surface area contributed by atoms with Gasteiger partial charge >= 0.3 is 12.2 Å². The van der Waals surface area contributed by atoms with Crippen LogP contribution in [0.3, 0.4) is 0 Å². The van der Waals surface area contributed by atoms with Gasteiger partial charge in [-0.25, -0.2) is 4.79 Å². The van der Waals surface area contributed by atoms with Crippen molar-refractivity contribution in [2.45, 2.75) is 50.9 Å². The van der Waals surface area contributed by atoms with Crippen molar-refractivity contribution < 1.29 is 27.6 Å². The SMILES string of the molecule is CC1CCC2(CC1)NC(=O)N(CC(=O)N(C)Cc1ccc(C(F)(F)F)cc1)C2=O. The maximum absolute atomic E-state index is 12.8. The van der Waals surface area contributed by atoms with E-state index in [4.69, 9.17) is 0 Å². The first-order valence-electron chi connectivity index (χ1n) is 9.56. The van der Waals surface area contributed by atoms with E-state index >= 15 is 0 Å². The van der Waals surface area contributed by atoms with Gasteiger partial charge in [0, 0.05) is 13.6 Å². The lowest BCUT2D eigenvalue weighted by Crippen LogP contribution is -2.50. The summed E-state index contributed by atoms with van der Waals surface area (Å²) in [5, 5.41) is 2.76. The molecule has 1 aliphatic carbocycles. The number of carbonyl (C=O) groups is 3. The highest BCUT2D eigenvalue weighted by molar-refractivity contribution is 6.09. The molecule has 1 heterocycles. The van der Waals surface area contributed by atoms with Crippen LogP contribution >= 0.6 is 0 Å². The molecule has 0 bridgehead atoms. The third-order valence-corrected chi connectivity index (χ3v) is 5.79. The lowest BCUT2D eigenvalue weighted by atomic mass is 9.77. The fourth-order valence-electron chi connectivity index (χ4n) is 3.83. The molecule has 1 saturated carbocycles. The number of carbonyl (C=O) groups excluding carboxylic acids is 3. The smallest absolute Gasteiger partial charge is 0.340 e. The number of likely N-dealkylation sites (N-methyl/N-ethyl adjacent to an activating group) is 1. The molecule has 0 atom stereocenters. The van der Waals surface area contributed by atoms with E-state index in [1.807, 2.05) is 0 Å². The first-order valence-corrected chi connectivity index (χ1v) is 9.56. The predicted octanol–water partition coefficient (Wildman–Crippen LogP) is 3.16. The van der Waals surface area contributed by atoms with Crippen molar-refractivity contribution in [1.29, 1.82) is 0 Å². The molecular weight excluding hydrogens is 387 g/mol. The molecule has 1 aromatic carbocycles. The van der Waals surface area contributed by atoms with Gasteiger partial charge in [-0.3, -0.25) is 14.5 Å². The van der Waals surface area contributed by atoms with E-state index in [1.165, 1.54) is 24.1 Å². The van der Waals surface area contributed by atoms with Gasteiger partial charge in [0.15, 0.2) is 0 Å². The Balaban J connectivity index is 1.61. The van der Waals surface area contributed by atoms with E-state index in [-0.39, 0.29) is 19.0 Å². The molecule has 1 aliphatic heterocycles. The summed E-state index contributed by atoms with van der Waals surface area (Å²) >= 11 is 0.